The third-order valence-electron chi connectivity index (χ3n) is 5.93. The topological polar surface area (TPSA) is 67.4 Å². The summed E-state index contributed by atoms with van der Waals surface area (Å²) < 4.78 is 17.0. The van der Waals surface area contributed by atoms with Crippen LogP contribution in [0, 0.1) is 0 Å². The Bertz CT molecular complexity index is 664. The number of ether oxygens (including phenoxy) is 3. The first kappa shape index (κ1) is 27.1. The molecule has 1 aromatic carbocycles. The summed E-state index contributed by atoms with van der Waals surface area (Å²) in [5, 5.41) is 6.83. The Labute approximate surface area is 210 Å². The van der Waals surface area contributed by atoms with E-state index in [4.69, 9.17) is 19.2 Å². The largest absolute Gasteiger partial charge is 0.496 e. The van der Waals surface area contributed by atoms with E-state index in [1.165, 1.54) is 18.4 Å². The van der Waals surface area contributed by atoms with Crippen LogP contribution in [0.15, 0.2) is 29.3 Å². The van der Waals surface area contributed by atoms with Crippen LogP contribution in [0.4, 0.5) is 0 Å². The molecular weight excluding hydrogens is 519 g/mol. The van der Waals surface area contributed by atoms with Crippen LogP contribution in [0.3, 0.4) is 0 Å². The fraction of sp³-hybridized carbons (Fsp3) is 0.708. The molecule has 0 saturated carbocycles. The molecule has 0 bridgehead atoms. The van der Waals surface area contributed by atoms with Crippen LogP contribution < -0.4 is 15.4 Å². The number of para-hydroxylation sites is 1. The first-order valence-corrected chi connectivity index (χ1v) is 11.9. The number of hydrogen-bond acceptors (Lipinski definition) is 5. The first-order chi connectivity index (χ1) is 15.3. The predicted molar refractivity (Wildman–Crippen MR) is 140 cm³/mol. The van der Waals surface area contributed by atoms with Crippen molar-refractivity contribution in [2.75, 3.05) is 59.7 Å². The highest BCUT2D eigenvalue weighted by Crippen LogP contribution is 2.31. The number of methoxy groups -OCH3 is 1. The van der Waals surface area contributed by atoms with Gasteiger partial charge in [-0.2, -0.15) is 0 Å². The molecule has 0 aromatic heterocycles. The maximum absolute atomic E-state index is 5.76. The van der Waals surface area contributed by atoms with Gasteiger partial charge >= 0.3 is 0 Å². The summed E-state index contributed by atoms with van der Waals surface area (Å²) in [6.07, 6.45) is 6.02. The molecule has 0 radical (unpaired) electrons. The van der Waals surface area contributed by atoms with Crippen LogP contribution in [-0.2, 0) is 9.47 Å². The molecule has 2 aliphatic heterocycles. The van der Waals surface area contributed by atoms with Crippen molar-refractivity contribution in [3.8, 4) is 5.75 Å². The molecule has 182 valence electrons. The minimum absolute atomic E-state index is 0. The molecule has 8 heteroatoms. The summed E-state index contributed by atoms with van der Waals surface area (Å²) >= 11 is 0. The molecule has 2 aliphatic rings. The van der Waals surface area contributed by atoms with E-state index in [0.29, 0.717) is 19.3 Å². The quantitative estimate of drug-likeness (QED) is 0.176. The van der Waals surface area contributed by atoms with E-state index in [0.717, 1.165) is 70.4 Å². The van der Waals surface area contributed by atoms with Gasteiger partial charge in [-0.25, -0.2) is 0 Å². The van der Waals surface area contributed by atoms with E-state index in [2.05, 4.69) is 34.6 Å². The van der Waals surface area contributed by atoms with Gasteiger partial charge in [0.15, 0.2) is 5.96 Å². The minimum atomic E-state index is 0. The van der Waals surface area contributed by atoms with Gasteiger partial charge in [-0.05, 0) is 58.2 Å². The van der Waals surface area contributed by atoms with Crippen molar-refractivity contribution in [1.29, 1.82) is 0 Å². The molecule has 0 amide bonds. The lowest BCUT2D eigenvalue weighted by atomic mass is 10.0. The van der Waals surface area contributed by atoms with Crippen molar-refractivity contribution in [3.63, 3.8) is 0 Å². The molecular formula is C24H41IN4O3. The maximum atomic E-state index is 5.76. The number of nitrogens with zero attached hydrogens (tertiary/aromatic N) is 2. The van der Waals surface area contributed by atoms with Gasteiger partial charge in [-0.3, -0.25) is 9.89 Å². The van der Waals surface area contributed by atoms with E-state index in [1.807, 2.05) is 12.1 Å². The number of guanidine groups is 1. The van der Waals surface area contributed by atoms with Crippen LogP contribution in [0.1, 0.15) is 50.6 Å². The molecule has 0 aliphatic carbocycles. The highest BCUT2D eigenvalue weighted by atomic mass is 127. The number of rotatable bonds is 12. The molecule has 2 heterocycles. The monoisotopic (exact) mass is 560 g/mol. The molecule has 3 rings (SSSR count). The van der Waals surface area contributed by atoms with E-state index >= 15 is 0 Å². The molecule has 7 nitrogen and oxygen atoms in total. The van der Waals surface area contributed by atoms with E-state index < -0.39 is 0 Å². The molecule has 2 unspecified atom stereocenters. The van der Waals surface area contributed by atoms with Crippen molar-refractivity contribution in [2.24, 2.45) is 4.99 Å². The number of likely N-dealkylation sites (tertiary alicyclic amines) is 1. The molecule has 2 fully saturated rings. The third-order valence-corrected chi connectivity index (χ3v) is 5.93. The lowest BCUT2D eigenvalue weighted by Gasteiger charge is -2.28. The first-order valence-electron chi connectivity index (χ1n) is 11.9. The fourth-order valence-electron chi connectivity index (χ4n) is 4.30. The third kappa shape index (κ3) is 8.68. The van der Waals surface area contributed by atoms with Crippen molar-refractivity contribution in [3.05, 3.63) is 29.8 Å². The van der Waals surface area contributed by atoms with E-state index in [1.54, 1.807) is 7.11 Å². The number of benzene rings is 1. The zero-order valence-corrected chi connectivity index (χ0v) is 22.0. The highest BCUT2D eigenvalue weighted by Gasteiger charge is 2.25. The van der Waals surface area contributed by atoms with Crippen LogP contribution >= 0.6 is 24.0 Å². The van der Waals surface area contributed by atoms with Gasteiger partial charge in [0.05, 0.1) is 32.4 Å². The fourth-order valence-corrected chi connectivity index (χ4v) is 4.30. The molecule has 32 heavy (non-hydrogen) atoms. The summed E-state index contributed by atoms with van der Waals surface area (Å²) in [4.78, 5) is 7.46. The van der Waals surface area contributed by atoms with Gasteiger partial charge in [0, 0.05) is 31.9 Å². The number of nitrogens with one attached hydrogen (secondary N) is 2. The number of halogens is 1. The minimum Gasteiger partial charge on any atom is -0.496 e. The molecule has 0 spiro atoms. The van der Waals surface area contributed by atoms with Crippen LogP contribution in [0.25, 0.3) is 0 Å². The molecule has 2 atom stereocenters. The van der Waals surface area contributed by atoms with Crippen LogP contribution in [0.5, 0.6) is 5.75 Å². The summed E-state index contributed by atoms with van der Waals surface area (Å²) in [5.74, 6) is 1.80. The Morgan fingerprint density at radius 3 is 2.75 bits per heavy atom. The van der Waals surface area contributed by atoms with Crippen LogP contribution in [-0.4, -0.2) is 76.6 Å². The Kier molecular flexibility index (Phi) is 13.3. The van der Waals surface area contributed by atoms with Gasteiger partial charge in [-0.15, -0.1) is 24.0 Å². The van der Waals surface area contributed by atoms with Crippen molar-refractivity contribution >= 4 is 29.9 Å². The summed E-state index contributed by atoms with van der Waals surface area (Å²) in [7, 11) is 1.75. The smallest absolute Gasteiger partial charge is 0.191 e. The van der Waals surface area contributed by atoms with E-state index in [-0.39, 0.29) is 30.0 Å². The Balaban J connectivity index is 0.00000363. The lowest BCUT2D eigenvalue weighted by molar-refractivity contribution is 0.0168. The second-order valence-corrected chi connectivity index (χ2v) is 8.21. The summed E-state index contributed by atoms with van der Waals surface area (Å²) in [6, 6.07) is 8.55. The molecule has 2 saturated heterocycles. The van der Waals surface area contributed by atoms with Gasteiger partial charge in [0.1, 0.15) is 5.75 Å². The number of hydrogen-bond donors (Lipinski definition) is 2. The maximum Gasteiger partial charge on any atom is 0.191 e. The lowest BCUT2D eigenvalue weighted by Crippen LogP contribution is -2.39. The van der Waals surface area contributed by atoms with Gasteiger partial charge < -0.3 is 24.8 Å². The van der Waals surface area contributed by atoms with Gasteiger partial charge in [-0.1, -0.05) is 18.2 Å². The van der Waals surface area contributed by atoms with E-state index in [9.17, 15) is 0 Å². The van der Waals surface area contributed by atoms with Gasteiger partial charge in [0.25, 0.3) is 0 Å². The second-order valence-electron chi connectivity index (χ2n) is 8.21. The average molecular weight is 561 g/mol. The molecule has 1 aromatic rings. The van der Waals surface area contributed by atoms with Gasteiger partial charge in [0.2, 0.25) is 0 Å². The zero-order chi connectivity index (χ0) is 21.7. The number of aliphatic imine (C=N–C) groups is 1. The average Bonchev–Trinajstić information content (AvgIpc) is 3.51. The van der Waals surface area contributed by atoms with Crippen molar-refractivity contribution in [2.45, 2.75) is 51.2 Å². The normalized spacial score (nSPS) is 20.1. The standard InChI is InChI=1S/C24H40N4O3.HI/c1-3-25-24(26-13-9-16-30-19-20-10-8-17-31-20)27-18-22(28-14-6-7-15-28)21-11-4-5-12-23(21)29-2;/h4-5,11-12,20,22H,3,6-10,13-19H2,1-2H3,(H2,25,26,27);1H. The predicted octanol–water partition coefficient (Wildman–Crippen LogP) is 3.59. The Hall–Kier alpha value is -1.10. The summed E-state index contributed by atoms with van der Waals surface area (Å²) in [6.45, 7) is 9.03. The van der Waals surface area contributed by atoms with Crippen LogP contribution in [0.2, 0.25) is 0 Å². The Morgan fingerprint density at radius 1 is 1.22 bits per heavy atom. The van der Waals surface area contributed by atoms with Crippen molar-refractivity contribution < 1.29 is 14.2 Å². The molecule has 2 N–H and O–H groups in total. The SMILES string of the molecule is CCNC(=NCC(c1ccccc1OC)N1CCCC1)NCCCOCC1CCCO1.I. The Morgan fingerprint density at radius 2 is 2.03 bits per heavy atom. The summed E-state index contributed by atoms with van der Waals surface area (Å²) in [5.41, 5.74) is 1.22. The zero-order valence-electron chi connectivity index (χ0n) is 19.7. The highest BCUT2D eigenvalue weighted by molar-refractivity contribution is 14.0. The van der Waals surface area contributed by atoms with Crippen molar-refractivity contribution in [1.82, 2.24) is 15.5 Å². The second kappa shape index (κ2) is 15.7.